The van der Waals surface area contributed by atoms with Gasteiger partial charge in [-0.25, -0.2) is 8.42 Å². The molecule has 156 valence electrons. The molecule has 2 aliphatic heterocycles. The van der Waals surface area contributed by atoms with Crippen LogP contribution in [0.5, 0.6) is 5.75 Å². The summed E-state index contributed by atoms with van der Waals surface area (Å²) in [4.78, 5) is 16.7. The molecule has 8 heteroatoms. The van der Waals surface area contributed by atoms with Gasteiger partial charge < -0.3 is 14.5 Å². The second kappa shape index (κ2) is 9.71. The van der Waals surface area contributed by atoms with Gasteiger partial charge >= 0.3 is 0 Å². The van der Waals surface area contributed by atoms with E-state index in [1.807, 2.05) is 4.90 Å². The van der Waals surface area contributed by atoms with Gasteiger partial charge in [0.1, 0.15) is 5.75 Å². The Balaban J connectivity index is 1.53. The van der Waals surface area contributed by atoms with Crippen molar-refractivity contribution in [1.29, 1.82) is 0 Å². The first-order chi connectivity index (χ1) is 13.5. The normalized spacial score (nSPS) is 20.0. The highest BCUT2D eigenvalue weighted by Crippen LogP contribution is 2.22. The summed E-state index contributed by atoms with van der Waals surface area (Å²) in [6.07, 6.45) is 3.99. The molecule has 0 radical (unpaired) electrons. The van der Waals surface area contributed by atoms with E-state index in [-0.39, 0.29) is 17.4 Å². The third-order valence-corrected chi connectivity index (χ3v) is 7.47. The topological polar surface area (TPSA) is 70.2 Å². The second-order valence-electron chi connectivity index (χ2n) is 7.39. The van der Waals surface area contributed by atoms with Crippen LogP contribution in [0.3, 0.4) is 0 Å². The van der Waals surface area contributed by atoms with Crippen LogP contribution in [0.25, 0.3) is 0 Å². The third-order valence-electron chi connectivity index (χ3n) is 5.56. The maximum absolute atomic E-state index is 12.8. The third kappa shape index (κ3) is 5.24. The zero-order chi connectivity index (χ0) is 20.0. The average Bonchev–Trinajstić information content (AvgIpc) is 3.02. The van der Waals surface area contributed by atoms with Gasteiger partial charge in [0.15, 0.2) is 6.61 Å². The summed E-state index contributed by atoms with van der Waals surface area (Å²) in [6, 6.07) is 6.40. The van der Waals surface area contributed by atoms with Crippen molar-refractivity contribution >= 4 is 15.9 Å². The van der Waals surface area contributed by atoms with E-state index in [0.29, 0.717) is 18.8 Å². The molecule has 0 bridgehead atoms. The van der Waals surface area contributed by atoms with E-state index < -0.39 is 10.0 Å². The van der Waals surface area contributed by atoms with Gasteiger partial charge in [-0.3, -0.25) is 4.79 Å². The largest absolute Gasteiger partial charge is 0.484 e. The Kier molecular flexibility index (Phi) is 7.31. The van der Waals surface area contributed by atoms with E-state index in [2.05, 4.69) is 11.8 Å². The van der Waals surface area contributed by atoms with Crippen LogP contribution in [-0.4, -0.2) is 80.9 Å². The Bertz CT molecular complexity index is 735. The number of hydrogen-bond donors (Lipinski definition) is 0. The quantitative estimate of drug-likeness (QED) is 0.717. The van der Waals surface area contributed by atoms with Crippen molar-refractivity contribution in [3.8, 4) is 5.75 Å². The lowest BCUT2D eigenvalue weighted by Crippen LogP contribution is -2.49. The lowest BCUT2D eigenvalue weighted by atomic mass is 10.2. The molecule has 0 aliphatic carbocycles. The molecule has 2 aliphatic rings. The van der Waals surface area contributed by atoms with E-state index in [0.717, 1.165) is 58.4 Å². The van der Waals surface area contributed by atoms with Crippen LogP contribution in [0.2, 0.25) is 0 Å². The SMILES string of the molecule is CCN1CCN(C(=O)COc2ccc(S(=O)(=O)N3CCCCCC3)cc2)CC1. The minimum absolute atomic E-state index is 0.0235. The van der Waals surface area contributed by atoms with E-state index in [9.17, 15) is 13.2 Å². The number of carbonyl (C=O) groups is 1. The van der Waals surface area contributed by atoms with Crippen LogP contribution in [0, 0.1) is 0 Å². The van der Waals surface area contributed by atoms with Gasteiger partial charge in [0, 0.05) is 39.3 Å². The van der Waals surface area contributed by atoms with Crippen molar-refractivity contribution in [2.24, 2.45) is 0 Å². The first-order valence-corrected chi connectivity index (χ1v) is 11.7. The summed E-state index contributed by atoms with van der Waals surface area (Å²) < 4.78 is 32.8. The van der Waals surface area contributed by atoms with Crippen LogP contribution in [0.4, 0.5) is 0 Å². The molecule has 0 N–H and O–H groups in total. The fourth-order valence-electron chi connectivity index (χ4n) is 3.69. The van der Waals surface area contributed by atoms with Gasteiger partial charge in [-0.2, -0.15) is 4.31 Å². The van der Waals surface area contributed by atoms with Crippen molar-refractivity contribution in [3.63, 3.8) is 0 Å². The molecule has 2 fully saturated rings. The molecule has 0 spiro atoms. The molecule has 0 saturated carbocycles. The minimum atomic E-state index is -3.46. The molecule has 1 aromatic rings. The molecule has 2 heterocycles. The number of piperazine rings is 1. The van der Waals surface area contributed by atoms with Crippen molar-refractivity contribution in [1.82, 2.24) is 14.1 Å². The summed E-state index contributed by atoms with van der Waals surface area (Å²) >= 11 is 0. The number of likely N-dealkylation sites (N-methyl/N-ethyl adjacent to an activating group) is 1. The first-order valence-electron chi connectivity index (χ1n) is 10.2. The molecule has 28 heavy (non-hydrogen) atoms. The van der Waals surface area contributed by atoms with E-state index in [1.165, 1.54) is 0 Å². The number of rotatable bonds is 6. The number of hydrogen-bond acceptors (Lipinski definition) is 5. The molecule has 1 aromatic carbocycles. The van der Waals surface area contributed by atoms with Gasteiger partial charge in [-0.1, -0.05) is 19.8 Å². The summed E-state index contributed by atoms with van der Waals surface area (Å²) in [6.45, 7) is 7.51. The monoisotopic (exact) mass is 409 g/mol. The predicted octanol–water partition coefficient (Wildman–Crippen LogP) is 1.79. The summed E-state index contributed by atoms with van der Waals surface area (Å²) in [7, 11) is -3.46. The van der Waals surface area contributed by atoms with Crippen molar-refractivity contribution < 1.29 is 17.9 Å². The molecule has 0 aromatic heterocycles. The van der Waals surface area contributed by atoms with Crippen molar-refractivity contribution in [2.75, 3.05) is 52.4 Å². The van der Waals surface area contributed by atoms with E-state index in [1.54, 1.807) is 28.6 Å². The maximum atomic E-state index is 12.8. The summed E-state index contributed by atoms with van der Waals surface area (Å²) in [5.41, 5.74) is 0. The highest BCUT2D eigenvalue weighted by atomic mass is 32.2. The van der Waals surface area contributed by atoms with E-state index >= 15 is 0 Å². The van der Waals surface area contributed by atoms with Gasteiger partial charge in [-0.05, 0) is 43.7 Å². The summed E-state index contributed by atoms with van der Waals surface area (Å²) in [5, 5.41) is 0. The minimum Gasteiger partial charge on any atom is -0.484 e. The zero-order valence-electron chi connectivity index (χ0n) is 16.7. The number of nitrogens with zero attached hydrogens (tertiary/aromatic N) is 3. The molecule has 7 nitrogen and oxygen atoms in total. The molecule has 3 rings (SSSR count). The van der Waals surface area contributed by atoms with Gasteiger partial charge in [0.2, 0.25) is 10.0 Å². The Hall–Kier alpha value is -1.64. The summed E-state index contributed by atoms with van der Waals surface area (Å²) in [5.74, 6) is 0.479. The molecule has 0 unspecified atom stereocenters. The predicted molar refractivity (Wildman–Crippen MR) is 108 cm³/mol. The molecule has 1 amide bonds. The lowest BCUT2D eigenvalue weighted by Gasteiger charge is -2.33. The average molecular weight is 410 g/mol. The molecule has 0 atom stereocenters. The first kappa shape index (κ1) is 21.1. The van der Waals surface area contributed by atoms with Gasteiger partial charge in [0.25, 0.3) is 5.91 Å². The maximum Gasteiger partial charge on any atom is 0.260 e. The lowest BCUT2D eigenvalue weighted by molar-refractivity contribution is -0.135. The smallest absolute Gasteiger partial charge is 0.260 e. The fraction of sp³-hybridized carbons (Fsp3) is 0.650. The van der Waals surface area contributed by atoms with Gasteiger partial charge in [-0.15, -0.1) is 0 Å². The van der Waals surface area contributed by atoms with Crippen LogP contribution in [0.1, 0.15) is 32.6 Å². The Morgan fingerprint density at radius 3 is 2.11 bits per heavy atom. The molecular formula is C20H31N3O4S. The molecular weight excluding hydrogens is 378 g/mol. The van der Waals surface area contributed by atoms with Gasteiger partial charge in [0.05, 0.1) is 4.90 Å². The molecule has 2 saturated heterocycles. The van der Waals surface area contributed by atoms with Crippen molar-refractivity contribution in [2.45, 2.75) is 37.5 Å². The Morgan fingerprint density at radius 1 is 0.929 bits per heavy atom. The van der Waals surface area contributed by atoms with Crippen LogP contribution < -0.4 is 4.74 Å². The zero-order valence-corrected chi connectivity index (χ0v) is 17.5. The number of amides is 1. The van der Waals surface area contributed by atoms with Crippen molar-refractivity contribution in [3.05, 3.63) is 24.3 Å². The number of benzene rings is 1. The standard InChI is InChI=1S/C20H31N3O4S/c1-2-21-13-15-22(16-14-21)20(24)17-27-18-7-9-19(10-8-18)28(25,26)23-11-5-3-4-6-12-23/h7-10H,2-6,11-17H2,1H3. The Morgan fingerprint density at radius 2 is 1.54 bits per heavy atom. The number of carbonyl (C=O) groups excluding carboxylic acids is 1. The second-order valence-corrected chi connectivity index (χ2v) is 9.33. The number of ether oxygens (including phenoxy) is 1. The Labute approximate surface area is 168 Å². The fourth-order valence-corrected chi connectivity index (χ4v) is 5.21. The van der Waals surface area contributed by atoms with Crippen LogP contribution in [0.15, 0.2) is 29.2 Å². The highest BCUT2D eigenvalue weighted by Gasteiger charge is 2.25. The number of sulfonamides is 1. The van der Waals surface area contributed by atoms with E-state index in [4.69, 9.17) is 4.74 Å². The van der Waals surface area contributed by atoms with Crippen LogP contribution >= 0.6 is 0 Å². The highest BCUT2D eigenvalue weighted by molar-refractivity contribution is 7.89. The van der Waals surface area contributed by atoms with Crippen LogP contribution in [-0.2, 0) is 14.8 Å².